The average molecular weight is 458 g/mol. The van der Waals surface area contributed by atoms with E-state index >= 15 is 0 Å². The van der Waals surface area contributed by atoms with Crippen LogP contribution in [0.2, 0.25) is 0 Å². The SMILES string of the molecule is CCOc1ncccc1CNC(=O)[C@H](Cc1ccccc1)NS(=O)(=O)c1ccccc1F. The van der Waals surface area contributed by atoms with E-state index in [4.69, 9.17) is 4.74 Å². The highest BCUT2D eigenvalue weighted by atomic mass is 32.2. The van der Waals surface area contributed by atoms with E-state index in [-0.39, 0.29) is 13.0 Å². The van der Waals surface area contributed by atoms with Crippen molar-refractivity contribution in [3.8, 4) is 5.88 Å². The maximum Gasteiger partial charge on any atom is 0.244 e. The zero-order valence-electron chi connectivity index (χ0n) is 17.5. The van der Waals surface area contributed by atoms with Gasteiger partial charge in [0.25, 0.3) is 0 Å². The maximum atomic E-state index is 14.1. The minimum Gasteiger partial charge on any atom is -0.478 e. The summed E-state index contributed by atoms with van der Waals surface area (Å²) in [5.74, 6) is -1.06. The largest absolute Gasteiger partial charge is 0.478 e. The Hall–Kier alpha value is -3.30. The van der Waals surface area contributed by atoms with Gasteiger partial charge in [-0.2, -0.15) is 4.72 Å². The second-order valence-corrected chi connectivity index (χ2v) is 8.59. The van der Waals surface area contributed by atoms with Crippen molar-refractivity contribution < 1.29 is 22.3 Å². The van der Waals surface area contributed by atoms with E-state index < -0.39 is 32.7 Å². The van der Waals surface area contributed by atoms with Gasteiger partial charge in [0.1, 0.15) is 16.8 Å². The Kier molecular flexibility index (Phi) is 7.91. The van der Waals surface area contributed by atoms with Gasteiger partial charge in [0.15, 0.2) is 0 Å². The second kappa shape index (κ2) is 10.8. The van der Waals surface area contributed by atoms with Gasteiger partial charge in [-0.05, 0) is 37.1 Å². The first-order valence-electron chi connectivity index (χ1n) is 10.1. The third kappa shape index (κ3) is 6.12. The van der Waals surface area contributed by atoms with Crippen molar-refractivity contribution >= 4 is 15.9 Å². The average Bonchev–Trinajstić information content (AvgIpc) is 2.79. The number of sulfonamides is 1. The van der Waals surface area contributed by atoms with Crippen LogP contribution in [0.15, 0.2) is 77.8 Å². The van der Waals surface area contributed by atoms with Crippen LogP contribution in [0.3, 0.4) is 0 Å². The van der Waals surface area contributed by atoms with Gasteiger partial charge in [-0.1, -0.05) is 48.5 Å². The molecule has 0 unspecified atom stereocenters. The highest BCUT2D eigenvalue weighted by molar-refractivity contribution is 7.89. The number of rotatable bonds is 10. The summed E-state index contributed by atoms with van der Waals surface area (Å²) in [4.78, 5) is 16.6. The van der Waals surface area contributed by atoms with Gasteiger partial charge in [-0.3, -0.25) is 4.79 Å². The molecule has 7 nitrogen and oxygen atoms in total. The smallest absolute Gasteiger partial charge is 0.244 e. The highest BCUT2D eigenvalue weighted by Crippen LogP contribution is 2.16. The van der Waals surface area contributed by atoms with Crippen LogP contribution in [0.4, 0.5) is 4.39 Å². The summed E-state index contributed by atoms with van der Waals surface area (Å²) in [5.41, 5.74) is 1.40. The summed E-state index contributed by atoms with van der Waals surface area (Å²) in [6, 6.07) is 16.3. The van der Waals surface area contributed by atoms with Crippen LogP contribution in [0, 0.1) is 5.82 Å². The molecule has 9 heteroatoms. The molecule has 168 valence electrons. The Bertz CT molecular complexity index is 1160. The van der Waals surface area contributed by atoms with E-state index in [1.165, 1.54) is 12.1 Å². The fraction of sp³-hybridized carbons (Fsp3) is 0.217. The van der Waals surface area contributed by atoms with Gasteiger partial charge >= 0.3 is 0 Å². The molecule has 0 aliphatic heterocycles. The Morgan fingerprint density at radius 2 is 1.78 bits per heavy atom. The van der Waals surface area contributed by atoms with E-state index in [1.807, 2.05) is 13.0 Å². The molecule has 1 atom stereocenters. The molecule has 1 heterocycles. The topological polar surface area (TPSA) is 97.4 Å². The number of pyridine rings is 1. The van der Waals surface area contributed by atoms with Crippen molar-refractivity contribution in [3.63, 3.8) is 0 Å². The number of amides is 1. The van der Waals surface area contributed by atoms with Gasteiger partial charge in [0.05, 0.1) is 6.61 Å². The van der Waals surface area contributed by atoms with Gasteiger partial charge in [0.2, 0.25) is 21.8 Å². The normalized spacial score (nSPS) is 12.2. The molecule has 0 saturated heterocycles. The third-order valence-corrected chi connectivity index (χ3v) is 6.11. The standard InChI is InChI=1S/C23H24FN3O4S/c1-2-31-23-18(11-8-14-25-23)16-26-22(28)20(15-17-9-4-3-5-10-17)27-32(29,30)21-13-7-6-12-19(21)24/h3-14,20,27H,2,15-16H2,1H3,(H,26,28)/t20-/m0/s1. The van der Waals surface area contributed by atoms with E-state index in [1.54, 1.807) is 42.6 Å². The van der Waals surface area contributed by atoms with Gasteiger partial charge in [0, 0.05) is 18.3 Å². The highest BCUT2D eigenvalue weighted by Gasteiger charge is 2.28. The van der Waals surface area contributed by atoms with Crippen molar-refractivity contribution in [3.05, 3.63) is 89.9 Å². The van der Waals surface area contributed by atoms with E-state index in [9.17, 15) is 17.6 Å². The summed E-state index contributed by atoms with van der Waals surface area (Å²) in [6.45, 7) is 2.33. The molecular weight excluding hydrogens is 433 g/mol. The number of hydrogen-bond acceptors (Lipinski definition) is 5. The van der Waals surface area contributed by atoms with Crippen molar-refractivity contribution in [1.82, 2.24) is 15.0 Å². The number of carbonyl (C=O) groups excluding carboxylic acids is 1. The molecular formula is C23H24FN3O4S. The van der Waals surface area contributed by atoms with Crippen LogP contribution in [0.5, 0.6) is 5.88 Å². The molecule has 3 aromatic rings. The first kappa shape index (κ1) is 23.4. The zero-order chi connectivity index (χ0) is 23.0. The maximum absolute atomic E-state index is 14.1. The van der Waals surface area contributed by atoms with Crippen LogP contribution >= 0.6 is 0 Å². The molecule has 0 aliphatic rings. The number of nitrogens with one attached hydrogen (secondary N) is 2. The first-order chi connectivity index (χ1) is 15.4. The van der Waals surface area contributed by atoms with Gasteiger partial charge in [-0.25, -0.2) is 17.8 Å². The molecule has 0 saturated carbocycles. The fourth-order valence-electron chi connectivity index (χ4n) is 3.08. The molecule has 3 rings (SSSR count). The van der Waals surface area contributed by atoms with Crippen molar-refractivity contribution in [2.45, 2.75) is 30.8 Å². The molecule has 2 N–H and O–H groups in total. The number of carbonyl (C=O) groups is 1. The van der Waals surface area contributed by atoms with E-state index in [0.717, 1.165) is 17.7 Å². The second-order valence-electron chi connectivity index (χ2n) is 6.91. The summed E-state index contributed by atoms with van der Waals surface area (Å²) in [6.07, 6.45) is 1.67. The molecule has 0 radical (unpaired) electrons. The minimum atomic E-state index is -4.28. The monoisotopic (exact) mass is 457 g/mol. The molecule has 0 bridgehead atoms. The lowest BCUT2D eigenvalue weighted by atomic mass is 10.1. The van der Waals surface area contributed by atoms with Crippen LogP contribution in [-0.4, -0.2) is 32.0 Å². The van der Waals surface area contributed by atoms with Crippen LogP contribution in [0.25, 0.3) is 0 Å². The Morgan fingerprint density at radius 1 is 1.06 bits per heavy atom. The molecule has 0 spiro atoms. The summed E-state index contributed by atoms with van der Waals surface area (Å²) >= 11 is 0. The lowest BCUT2D eigenvalue weighted by Gasteiger charge is -2.19. The summed E-state index contributed by atoms with van der Waals surface area (Å²) in [5, 5.41) is 2.73. The molecule has 1 amide bonds. The Morgan fingerprint density at radius 3 is 2.50 bits per heavy atom. The zero-order valence-corrected chi connectivity index (χ0v) is 18.3. The summed E-state index contributed by atoms with van der Waals surface area (Å²) < 4.78 is 47.5. The number of ether oxygens (including phenoxy) is 1. The first-order valence-corrected chi connectivity index (χ1v) is 11.5. The minimum absolute atomic E-state index is 0.0890. The van der Waals surface area contributed by atoms with Crippen LogP contribution in [0.1, 0.15) is 18.1 Å². The van der Waals surface area contributed by atoms with E-state index in [0.29, 0.717) is 18.1 Å². The van der Waals surface area contributed by atoms with Crippen molar-refractivity contribution in [1.29, 1.82) is 0 Å². The van der Waals surface area contributed by atoms with Crippen molar-refractivity contribution in [2.24, 2.45) is 0 Å². The van der Waals surface area contributed by atoms with Gasteiger partial charge in [-0.15, -0.1) is 0 Å². The van der Waals surface area contributed by atoms with Crippen LogP contribution in [-0.2, 0) is 27.8 Å². The third-order valence-electron chi connectivity index (χ3n) is 4.61. The number of aromatic nitrogens is 1. The number of hydrogen-bond donors (Lipinski definition) is 2. The van der Waals surface area contributed by atoms with E-state index in [2.05, 4.69) is 15.0 Å². The predicted octanol–water partition coefficient (Wildman–Crippen LogP) is 2.83. The quantitative estimate of drug-likeness (QED) is 0.488. The lowest BCUT2D eigenvalue weighted by molar-refractivity contribution is -0.122. The number of halogens is 1. The lowest BCUT2D eigenvalue weighted by Crippen LogP contribution is -2.47. The number of benzene rings is 2. The molecule has 1 aromatic heterocycles. The summed E-state index contributed by atoms with van der Waals surface area (Å²) in [7, 11) is -4.28. The molecule has 0 aliphatic carbocycles. The van der Waals surface area contributed by atoms with Crippen molar-refractivity contribution in [2.75, 3.05) is 6.61 Å². The number of nitrogens with zero attached hydrogens (tertiary/aromatic N) is 1. The predicted molar refractivity (Wildman–Crippen MR) is 118 cm³/mol. The fourth-order valence-corrected chi connectivity index (χ4v) is 4.36. The van der Waals surface area contributed by atoms with Crippen LogP contribution < -0.4 is 14.8 Å². The molecule has 32 heavy (non-hydrogen) atoms. The Labute approximate surface area is 186 Å². The Balaban J connectivity index is 1.81. The molecule has 2 aromatic carbocycles. The molecule has 0 fully saturated rings. The van der Waals surface area contributed by atoms with Gasteiger partial charge < -0.3 is 10.1 Å².